The number of carbonyl (C=O) groups is 1. The summed E-state index contributed by atoms with van der Waals surface area (Å²) < 4.78 is 6.24. The third-order valence-electron chi connectivity index (χ3n) is 2.92. The topological polar surface area (TPSA) is 63.3 Å². The molecule has 0 atom stereocenters. The van der Waals surface area contributed by atoms with Crippen LogP contribution in [-0.4, -0.2) is 16.1 Å². The van der Waals surface area contributed by atoms with E-state index in [0.29, 0.717) is 11.6 Å². The number of benzene rings is 1. The Morgan fingerprint density at radius 3 is 2.72 bits per heavy atom. The first-order valence-electron chi connectivity index (χ1n) is 5.65. The van der Waals surface area contributed by atoms with E-state index in [1.165, 1.54) is 0 Å². The van der Waals surface area contributed by atoms with Gasteiger partial charge in [0, 0.05) is 10.4 Å². The van der Waals surface area contributed by atoms with Gasteiger partial charge >= 0.3 is 5.97 Å². The summed E-state index contributed by atoms with van der Waals surface area (Å²) in [6, 6.07) is 7.47. The summed E-state index contributed by atoms with van der Waals surface area (Å²) >= 11 is 3.41. The van der Waals surface area contributed by atoms with Crippen molar-refractivity contribution >= 4 is 21.9 Å². The number of carboxylic acid groups (broad SMARTS) is 1. The highest BCUT2D eigenvalue weighted by atomic mass is 79.9. The molecule has 1 aliphatic rings. The summed E-state index contributed by atoms with van der Waals surface area (Å²) in [5, 5.41) is 9.13. The monoisotopic (exact) mass is 307 g/mol. The number of carboxylic acids is 1. The first-order chi connectivity index (χ1) is 8.66. The minimum atomic E-state index is -1.05. The third-order valence-corrected chi connectivity index (χ3v) is 3.61. The summed E-state index contributed by atoms with van der Waals surface area (Å²) in [6.07, 6.45) is 1.98. The molecule has 18 heavy (non-hydrogen) atoms. The molecule has 0 bridgehead atoms. The van der Waals surface area contributed by atoms with Crippen molar-refractivity contribution in [2.24, 2.45) is 0 Å². The fourth-order valence-electron chi connectivity index (χ4n) is 1.87. The van der Waals surface area contributed by atoms with Gasteiger partial charge in [-0.2, -0.15) is 0 Å². The smallest absolute Gasteiger partial charge is 0.373 e. The molecule has 1 N–H and O–H groups in total. The lowest BCUT2D eigenvalue weighted by Crippen LogP contribution is -1.98. The van der Waals surface area contributed by atoms with Gasteiger partial charge in [0.15, 0.2) is 0 Å². The van der Waals surface area contributed by atoms with E-state index >= 15 is 0 Å². The molecule has 1 saturated carbocycles. The Labute approximate surface area is 112 Å². The van der Waals surface area contributed by atoms with Gasteiger partial charge in [-0.05, 0) is 40.9 Å². The molecule has 0 spiro atoms. The molecule has 1 aromatic carbocycles. The molecule has 0 amide bonds. The van der Waals surface area contributed by atoms with E-state index in [1.54, 1.807) is 0 Å². The second kappa shape index (κ2) is 4.24. The zero-order chi connectivity index (χ0) is 12.7. The molecule has 92 valence electrons. The maximum Gasteiger partial charge on any atom is 0.373 e. The van der Waals surface area contributed by atoms with Crippen LogP contribution in [0, 0.1) is 0 Å². The van der Waals surface area contributed by atoms with Crippen LogP contribution in [0.5, 0.6) is 0 Å². The molecule has 1 aliphatic carbocycles. The molecule has 0 saturated heterocycles. The van der Waals surface area contributed by atoms with Gasteiger partial charge < -0.3 is 9.52 Å². The highest BCUT2D eigenvalue weighted by Crippen LogP contribution is 2.42. The van der Waals surface area contributed by atoms with Crippen molar-refractivity contribution < 1.29 is 14.3 Å². The van der Waals surface area contributed by atoms with Crippen molar-refractivity contribution in [3.8, 4) is 11.5 Å². The average Bonchev–Trinajstić information content (AvgIpc) is 3.09. The molecular formula is C13H10BrNO3. The molecule has 0 unspecified atom stereocenters. The van der Waals surface area contributed by atoms with Gasteiger partial charge in [0.25, 0.3) is 0 Å². The van der Waals surface area contributed by atoms with Gasteiger partial charge in [0.2, 0.25) is 11.7 Å². The van der Waals surface area contributed by atoms with Crippen molar-refractivity contribution in [1.82, 2.24) is 4.98 Å². The number of oxazole rings is 1. The average molecular weight is 308 g/mol. The largest absolute Gasteiger partial charge is 0.475 e. The van der Waals surface area contributed by atoms with Crippen LogP contribution in [0.1, 0.15) is 35.0 Å². The molecule has 5 heteroatoms. The van der Waals surface area contributed by atoms with Crippen LogP contribution in [0.3, 0.4) is 0 Å². The van der Waals surface area contributed by atoms with E-state index in [2.05, 4.69) is 20.9 Å². The lowest BCUT2D eigenvalue weighted by molar-refractivity contribution is 0.0661. The molecule has 0 aliphatic heterocycles. The zero-order valence-corrected chi connectivity index (χ0v) is 11.0. The van der Waals surface area contributed by atoms with E-state index in [1.807, 2.05) is 24.3 Å². The summed E-state index contributed by atoms with van der Waals surface area (Å²) in [5.41, 5.74) is 1.35. The van der Waals surface area contributed by atoms with Crippen LogP contribution >= 0.6 is 15.9 Å². The quantitative estimate of drug-likeness (QED) is 0.939. The summed E-state index contributed by atoms with van der Waals surface area (Å²) in [6.45, 7) is 0. The van der Waals surface area contributed by atoms with Gasteiger partial charge in [0.1, 0.15) is 0 Å². The number of nitrogens with zero attached hydrogens (tertiary/aromatic N) is 1. The zero-order valence-electron chi connectivity index (χ0n) is 9.39. The van der Waals surface area contributed by atoms with Gasteiger partial charge in [-0.3, -0.25) is 0 Å². The fraction of sp³-hybridized carbons (Fsp3) is 0.231. The molecule has 0 radical (unpaired) electrons. The normalized spacial score (nSPS) is 14.7. The van der Waals surface area contributed by atoms with E-state index in [-0.39, 0.29) is 11.7 Å². The van der Waals surface area contributed by atoms with Crippen LogP contribution in [0.15, 0.2) is 33.2 Å². The molecule has 3 rings (SSSR count). The number of hydrogen-bond donors (Lipinski definition) is 1. The molecule has 4 nitrogen and oxygen atoms in total. The van der Waals surface area contributed by atoms with Gasteiger partial charge in [-0.15, -0.1) is 0 Å². The minimum Gasteiger partial charge on any atom is -0.475 e. The first kappa shape index (κ1) is 11.5. The minimum absolute atomic E-state index is 0.0248. The first-order valence-corrected chi connectivity index (χ1v) is 6.45. The highest BCUT2D eigenvalue weighted by Gasteiger charge is 2.33. The summed E-state index contributed by atoms with van der Waals surface area (Å²) in [5.74, 6) is -0.469. The van der Waals surface area contributed by atoms with Gasteiger partial charge in [-0.25, -0.2) is 9.78 Å². The lowest BCUT2D eigenvalue weighted by Gasteiger charge is -1.97. The molecule has 1 aromatic heterocycles. The maximum atomic E-state index is 11.1. The Morgan fingerprint density at radius 1 is 1.39 bits per heavy atom. The Hall–Kier alpha value is -1.62. The van der Waals surface area contributed by atoms with Gasteiger partial charge in [-0.1, -0.05) is 12.1 Å². The summed E-state index contributed by atoms with van der Waals surface area (Å²) in [7, 11) is 0. The number of hydrogen-bond acceptors (Lipinski definition) is 3. The molecular weight excluding hydrogens is 298 g/mol. The Kier molecular flexibility index (Phi) is 2.70. The van der Waals surface area contributed by atoms with Gasteiger partial charge in [0.05, 0.1) is 11.3 Å². The molecule has 1 fully saturated rings. The third kappa shape index (κ3) is 1.95. The van der Waals surface area contributed by atoms with Crippen molar-refractivity contribution in [3.05, 3.63) is 40.2 Å². The van der Waals surface area contributed by atoms with Crippen LogP contribution in [0.25, 0.3) is 11.5 Å². The van der Waals surface area contributed by atoms with E-state index in [0.717, 1.165) is 22.9 Å². The second-order valence-corrected chi connectivity index (χ2v) is 5.15. The molecule has 1 heterocycles. The lowest BCUT2D eigenvalue weighted by atomic mass is 10.2. The van der Waals surface area contributed by atoms with Crippen LogP contribution in [-0.2, 0) is 0 Å². The maximum absolute atomic E-state index is 11.1. The van der Waals surface area contributed by atoms with Crippen molar-refractivity contribution in [2.45, 2.75) is 18.8 Å². The van der Waals surface area contributed by atoms with E-state index in [4.69, 9.17) is 9.52 Å². The number of rotatable bonds is 3. The van der Waals surface area contributed by atoms with Crippen molar-refractivity contribution in [3.63, 3.8) is 0 Å². The fourth-order valence-corrected chi connectivity index (χ4v) is 2.32. The Morgan fingerprint density at radius 2 is 2.11 bits per heavy atom. The van der Waals surface area contributed by atoms with Crippen LogP contribution < -0.4 is 0 Å². The predicted octanol–water partition coefficient (Wildman–Crippen LogP) is 3.68. The van der Waals surface area contributed by atoms with Crippen molar-refractivity contribution in [1.29, 1.82) is 0 Å². The SMILES string of the molecule is O=C(O)c1oc(-c2ccccc2Br)nc1C1CC1. The second-order valence-electron chi connectivity index (χ2n) is 4.29. The highest BCUT2D eigenvalue weighted by molar-refractivity contribution is 9.10. The number of aromatic nitrogens is 1. The predicted molar refractivity (Wildman–Crippen MR) is 68.6 cm³/mol. The van der Waals surface area contributed by atoms with E-state index in [9.17, 15) is 4.79 Å². The Bertz CT molecular complexity index is 616. The molecule has 2 aromatic rings. The Balaban J connectivity index is 2.11. The van der Waals surface area contributed by atoms with E-state index < -0.39 is 5.97 Å². The van der Waals surface area contributed by atoms with Crippen LogP contribution in [0.4, 0.5) is 0 Å². The number of halogens is 1. The van der Waals surface area contributed by atoms with Crippen LogP contribution in [0.2, 0.25) is 0 Å². The number of aromatic carboxylic acids is 1. The van der Waals surface area contributed by atoms with Crippen molar-refractivity contribution in [2.75, 3.05) is 0 Å². The standard InChI is InChI=1S/C13H10BrNO3/c14-9-4-2-1-3-8(9)12-15-10(7-5-6-7)11(18-12)13(16)17/h1-4,7H,5-6H2,(H,16,17). The summed E-state index contributed by atoms with van der Waals surface area (Å²) in [4.78, 5) is 15.5.